The maximum atomic E-state index is 12.6. The summed E-state index contributed by atoms with van der Waals surface area (Å²) in [6.45, 7) is 6.84. The number of benzene rings is 2. The van der Waals surface area contributed by atoms with Crippen molar-refractivity contribution >= 4 is 5.91 Å². The van der Waals surface area contributed by atoms with Crippen LogP contribution in [-0.2, 0) is 17.8 Å². The van der Waals surface area contributed by atoms with Crippen molar-refractivity contribution in [2.45, 2.75) is 32.7 Å². The van der Waals surface area contributed by atoms with Gasteiger partial charge in [0.25, 0.3) is 0 Å². The summed E-state index contributed by atoms with van der Waals surface area (Å²) in [7, 11) is 0. The summed E-state index contributed by atoms with van der Waals surface area (Å²) in [5.74, 6) is 0.295. The summed E-state index contributed by atoms with van der Waals surface area (Å²) < 4.78 is 0. The van der Waals surface area contributed by atoms with Crippen LogP contribution in [0.4, 0.5) is 0 Å². The lowest BCUT2D eigenvalue weighted by Gasteiger charge is -2.22. The predicted molar refractivity (Wildman–Crippen MR) is 102 cm³/mol. The molecular weight excluding hydrogens is 308 g/mol. The molecule has 3 rings (SSSR count). The average Bonchev–Trinajstić information content (AvgIpc) is 2.86. The molecule has 0 aromatic heterocycles. The topological polar surface area (TPSA) is 23.6 Å². The fourth-order valence-electron chi connectivity index (χ4n) is 3.50. The molecule has 2 aromatic rings. The van der Waals surface area contributed by atoms with Gasteiger partial charge in [-0.15, -0.1) is 0 Å². The van der Waals surface area contributed by atoms with E-state index in [0.717, 1.165) is 45.6 Å². The van der Waals surface area contributed by atoms with Crippen LogP contribution in [0.25, 0.3) is 0 Å². The highest BCUT2D eigenvalue weighted by Crippen LogP contribution is 2.12. The number of hydrogen-bond acceptors (Lipinski definition) is 2. The molecule has 0 saturated carbocycles. The molecule has 1 saturated heterocycles. The molecule has 2 aromatic carbocycles. The Morgan fingerprint density at radius 1 is 0.920 bits per heavy atom. The maximum absolute atomic E-state index is 12.6. The first-order valence-electron chi connectivity index (χ1n) is 9.30. The number of aryl methyl sites for hydroxylation is 2. The van der Waals surface area contributed by atoms with Crippen LogP contribution in [0.1, 0.15) is 29.5 Å². The molecule has 0 bridgehead atoms. The SMILES string of the molecule is Cc1cccc(CCC(=O)N2CCCN(Cc3ccccc3)CC2)c1. The van der Waals surface area contributed by atoms with E-state index in [1.807, 2.05) is 0 Å². The van der Waals surface area contributed by atoms with E-state index < -0.39 is 0 Å². The van der Waals surface area contributed by atoms with Crippen molar-refractivity contribution in [3.63, 3.8) is 0 Å². The molecule has 0 unspecified atom stereocenters. The summed E-state index contributed by atoms with van der Waals surface area (Å²) in [5.41, 5.74) is 3.87. The second-order valence-corrected chi connectivity index (χ2v) is 6.99. The number of rotatable bonds is 5. The smallest absolute Gasteiger partial charge is 0.222 e. The molecular formula is C22H28N2O. The fraction of sp³-hybridized carbons (Fsp3) is 0.409. The third kappa shape index (κ3) is 5.43. The predicted octanol–water partition coefficient (Wildman–Crippen LogP) is 3.66. The minimum absolute atomic E-state index is 0.295. The Kier molecular flexibility index (Phi) is 6.24. The number of carbonyl (C=O) groups excluding carboxylic acids is 1. The zero-order valence-electron chi connectivity index (χ0n) is 15.2. The van der Waals surface area contributed by atoms with Gasteiger partial charge in [-0.3, -0.25) is 9.69 Å². The average molecular weight is 336 g/mol. The van der Waals surface area contributed by atoms with E-state index in [2.05, 4.69) is 71.3 Å². The highest BCUT2D eigenvalue weighted by Gasteiger charge is 2.19. The molecule has 1 aliphatic heterocycles. The second-order valence-electron chi connectivity index (χ2n) is 6.99. The molecule has 3 nitrogen and oxygen atoms in total. The fourth-order valence-corrected chi connectivity index (χ4v) is 3.50. The van der Waals surface area contributed by atoms with Gasteiger partial charge in [0.2, 0.25) is 5.91 Å². The Hall–Kier alpha value is -2.13. The van der Waals surface area contributed by atoms with Crippen LogP contribution >= 0.6 is 0 Å². The molecule has 25 heavy (non-hydrogen) atoms. The Balaban J connectivity index is 1.48. The maximum Gasteiger partial charge on any atom is 0.222 e. The molecule has 0 aliphatic carbocycles. The van der Waals surface area contributed by atoms with E-state index in [-0.39, 0.29) is 0 Å². The second kappa shape index (κ2) is 8.82. The Morgan fingerprint density at radius 3 is 2.52 bits per heavy atom. The van der Waals surface area contributed by atoms with E-state index in [1.165, 1.54) is 16.7 Å². The standard InChI is InChI=1S/C22H28N2O/c1-19-7-5-10-20(17-19)11-12-22(25)24-14-6-13-23(15-16-24)18-21-8-3-2-4-9-21/h2-5,7-10,17H,6,11-16,18H2,1H3. The van der Waals surface area contributed by atoms with Gasteiger partial charge in [0.05, 0.1) is 0 Å². The van der Waals surface area contributed by atoms with Gasteiger partial charge in [-0.05, 0) is 30.9 Å². The van der Waals surface area contributed by atoms with E-state index in [9.17, 15) is 4.79 Å². The summed E-state index contributed by atoms with van der Waals surface area (Å²) in [6.07, 6.45) is 2.51. The van der Waals surface area contributed by atoms with Crippen molar-refractivity contribution in [2.75, 3.05) is 26.2 Å². The zero-order valence-corrected chi connectivity index (χ0v) is 15.2. The molecule has 0 spiro atoms. The number of nitrogens with zero attached hydrogens (tertiary/aromatic N) is 2. The van der Waals surface area contributed by atoms with Gasteiger partial charge < -0.3 is 4.90 Å². The highest BCUT2D eigenvalue weighted by molar-refractivity contribution is 5.76. The van der Waals surface area contributed by atoms with Crippen molar-refractivity contribution < 1.29 is 4.79 Å². The highest BCUT2D eigenvalue weighted by atomic mass is 16.2. The van der Waals surface area contributed by atoms with E-state index in [0.29, 0.717) is 12.3 Å². The molecule has 1 aliphatic rings. The van der Waals surface area contributed by atoms with Crippen molar-refractivity contribution in [3.05, 3.63) is 71.3 Å². The number of hydrogen-bond donors (Lipinski definition) is 0. The number of carbonyl (C=O) groups is 1. The number of amides is 1. The quantitative estimate of drug-likeness (QED) is 0.832. The van der Waals surface area contributed by atoms with E-state index in [4.69, 9.17) is 0 Å². The first-order valence-corrected chi connectivity index (χ1v) is 9.30. The van der Waals surface area contributed by atoms with Gasteiger partial charge in [0.1, 0.15) is 0 Å². The van der Waals surface area contributed by atoms with Crippen LogP contribution in [-0.4, -0.2) is 41.9 Å². The monoisotopic (exact) mass is 336 g/mol. The van der Waals surface area contributed by atoms with Crippen molar-refractivity contribution in [3.8, 4) is 0 Å². The van der Waals surface area contributed by atoms with Crippen LogP contribution in [0.5, 0.6) is 0 Å². The van der Waals surface area contributed by atoms with Crippen LogP contribution in [0.15, 0.2) is 54.6 Å². The lowest BCUT2D eigenvalue weighted by Crippen LogP contribution is -2.35. The Bertz CT molecular complexity index is 683. The van der Waals surface area contributed by atoms with Crippen molar-refractivity contribution in [2.24, 2.45) is 0 Å². The van der Waals surface area contributed by atoms with Gasteiger partial charge in [0, 0.05) is 39.1 Å². The Morgan fingerprint density at radius 2 is 1.72 bits per heavy atom. The molecule has 1 heterocycles. The minimum Gasteiger partial charge on any atom is -0.341 e. The first kappa shape index (κ1) is 17.7. The summed E-state index contributed by atoms with van der Waals surface area (Å²) in [6, 6.07) is 19.1. The van der Waals surface area contributed by atoms with Gasteiger partial charge in [-0.2, -0.15) is 0 Å². The summed E-state index contributed by atoms with van der Waals surface area (Å²) in [5, 5.41) is 0. The van der Waals surface area contributed by atoms with E-state index >= 15 is 0 Å². The van der Waals surface area contributed by atoms with Gasteiger partial charge >= 0.3 is 0 Å². The third-order valence-electron chi connectivity index (χ3n) is 4.90. The Labute approximate surface area is 151 Å². The van der Waals surface area contributed by atoms with Gasteiger partial charge in [-0.25, -0.2) is 0 Å². The normalized spacial score (nSPS) is 15.8. The van der Waals surface area contributed by atoms with Crippen LogP contribution in [0, 0.1) is 6.92 Å². The van der Waals surface area contributed by atoms with Gasteiger partial charge in [-0.1, -0.05) is 60.2 Å². The largest absolute Gasteiger partial charge is 0.341 e. The zero-order chi connectivity index (χ0) is 17.5. The van der Waals surface area contributed by atoms with Crippen LogP contribution in [0.2, 0.25) is 0 Å². The summed E-state index contributed by atoms with van der Waals surface area (Å²) >= 11 is 0. The molecule has 0 atom stereocenters. The van der Waals surface area contributed by atoms with E-state index in [1.54, 1.807) is 0 Å². The first-order chi connectivity index (χ1) is 12.2. The molecule has 1 amide bonds. The summed E-state index contributed by atoms with van der Waals surface area (Å²) in [4.78, 5) is 17.1. The molecule has 3 heteroatoms. The molecule has 1 fully saturated rings. The van der Waals surface area contributed by atoms with Crippen LogP contribution < -0.4 is 0 Å². The van der Waals surface area contributed by atoms with Crippen molar-refractivity contribution in [1.29, 1.82) is 0 Å². The third-order valence-corrected chi connectivity index (χ3v) is 4.90. The molecule has 0 N–H and O–H groups in total. The van der Waals surface area contributed by atoms with Gasteiger partial charge in [0.15, 0.2) is 0 Å². The molecule has 0 radical (unpaired) electrons. The minimum atomic E-state index is 0.295. The molecule has 132 valence electrons. The lowest BCUT2D eigenvalue weighted by atomic mass is 10.1. The van der Waals surface area contributed by atoms with Crippen LogP contribution in [0.3, 0.4) is 0 Å². The lowest BCUT2D eigenvalue weighted by molar-refractivity contribution is -0.131. The van der Waals surface area contributed by atoms with Crippen molar-refractivity contribution in [1.82, 2.24) is 9.80 Å².